The number of hydrogen-bond donors (Lipinski definition) is 0. The molecule has 2 atom stereocenters. The summed E-state index contributed by atoms with van der Waals surface area (Å²) in [7, 11) is 0. The third kappa shape index (κ3) is 5.27. The van der Waals surface area contributed by atoms with E-state index in [-0.39, 0.29) is 37.7 Å². The molecule has 1 saturated heterocycles. The zero-order chi connectivity index (χ0) is 9.14. The van der Waals surface area contributed by atoms with Crippen LogP contribution in [0.1, 0.15) is 27.7 Å². The fourth-order valence-electron chi connectivity index (χ4n) is 1.45. The Morgan fingerprint density at radius 1 is 0.786 bits per heavy atom. The van der Waals surface area contributed by atoms with Gasteiger partial charge < -0.3 is 10.6 Å². The molecule has 1 aliphatic rings. The first-order chi connectivity index (χ1) is 5.61. The smallest absolute Gasteiger partial charge is 0.662 e. The van der Waals surface area contributed by atoms with Crippen LogP contribution < -0.4 is 37.7 Å². The van der Waals surface area contributed by atoms with E-state index in [0.29, 0.717) is 23.9 Å². The maximum absolute atomic E-state index is 4.64. The largest absolute Gasteiger partial charge is 1.00 e. The van der Waals surface area contributed by atoms with E-state index < -0.39 is 0 Å². The summed E-state index contributed by atoms with van der Waals surface area (Å²) in [5.74, 6) is 1.31. The summed E-state index contributed by atoms with van der Waals surface area (Å²) in [4.78, 5) is 0. The summed E-state index contributed by atoms with van der Waals surface area (Å²) in [6.07, 6.45) is 0. The van der Waals surface area contributed by atoms with Crippen LogP contribution in [0.4, 0.5) is 0 Å². The fourth-order valence-corrected chi connectivity index (χ4v) is 1.45. The van der Waals surface area contributed by atoms with Crippen molar-refractivity contribution in [2.45, 2.75) is 39.8 Å². The minimum absolute atomic E-state index is 0. The van der Waals surface area contributed by atoms with Crippen molar-refractivity contribution in [1.29, 1.82) is 0 Å². The number of piperazine rings is 1. The predicted octanol–water partition coefficient (Wildman–Crippen LogP) is -3.20. The van der Waals surface area contributed by atoms with Crippen LogP contribution in [0, 0.1) is 11.8 Å². The van der Waals surface area contributed by atoms with E-state index in [1.54, 1.807) is 0 Å². The minimum Gasteiger partial charge on any atom is -0.662 e. The molecule has 2 nitrogen and oxygen atoms in total. The molecule has 4 heteroatoms. The molecule has 14 heavy (non-hydrogen) atoms. The van der Waals surface area contributed by atoms with Crippen molar-refractivity contribution < 1.29 is 37.7 Å². The molecule has 0 amide bonds. The molecule has 1 heterocycles. The Labute approximate surface area is 113 Å². The number of rotatable bonds is 2. The first-order valence-electron chi connectivity index (χ1n) is 4.94. The Morgan fingerprint density at radius 3 is 1.21 bits per heavy atom. The van der Waals surface area contributed by atoms with Crippen molar-refractivity contribution in [3.63, 3.8) is 0 Å². The van der Waals surface area contributed by atoms with Crippen molar-refractivity contribution in [2.75, 3.05) is 13.1 Å². The Morgan fingerprint density at radius 2 is 1.07 bits per heavy atom. The molecule has 0 aromatic carbocycles. The molecule has 1 rings (SSSR count). The summed E-state index contributed by atoms with van der Waals surface area (Å²) >= 11 is 0. The zero-order valence-electron chi connectivity index (χ0n) is 10.6. The Bertz CT molecular complexity index is 116. The summed E-state index contributed by atoms with van der Waals surface area (Å²) in [5.41, 5.74) is 0. The van der Waals surface area contributed by atoms with Gasteiger partial charge in [-0.25, -0.2) is 0 Å². The monoisotopic (exact) mass is 182 g/mol. The molecule has 0 aromatic heterocycles. The van der Waals surface area contributed by atoms with Crippen molar-refractivity contribution in [3.05, 3.63) is 10.6 Å². The van der Waals surface area contributed by atoms with Gasteiger partial charge in [0.05, 0.1) is 0 Å². The van der Waals surface area contributed by atoms with Gasteiger partial charge >= 0.3 is 37.7 Å². The van der Waals surface area contributed by atoms with Gasteiger partial charge in [0.1, 0.15) is 0 Å². The Balaban J connectivity index is 0. The minimum atomic E-state index is 0. The molecule has 0 unspecified atom stereocenters. The Kier molecular flexibility index (Phi) is 10.4. The van der Waals surface area contributed by atoms with Crippen molar-refractivity contribution in [2.24, 2.45) is 11.8 Å². The number of hydrogen-bond acceptors (Lipinski definition) is 0. The molecule has 0 aliphatic carbocycles. The van der Waals surface area contributed by atoms with Crippen molar-refractivity contribution in [3.8, 4) is 0 Å². The summed E-state index contributed by atoms with van der Waals surface area (Å²) < 4.78 is 0. The van der Waals surface area contributed by atoms with Gasteiger partial charge in [0.2, 0.25) is 0 Å². The maximum Gasteiger partial charge on any atom is 1.00 e. The van der Waals surface area contributed by atoms with E-state index in [2.05, 4.69) is 38.3 Å². The molecular formula is C10H20Li2N2. The van der Waals surface area contributed by atoms with Gasteiger partial charge in [-0.15, -0.1) is 0 Å². The van der Waals surface area contributed by atoms with Crippen LogP contribution in [0.25, 0.3) is 10.6 Å². The fraction of sp³-hybridized carbons (Fsp3) is 1.00. The zero-order valence-corrected chi connectivity index (χ0v) is 10.6. The maximum atomic E-state index is 4.64. The third-order valence-corrected chi connectivity index (χ3v) is 2.59. The summed E-state index contributed by atoms with van der Waals surface area (Å²) in [5, 5.41) is 9.28. The van der Waals surface area contributed by atoms with Crippen LogP contribution in [-0.2, 0) is 0 Å². The predicted molar refractivity (Wildman–Crippen MR) is 53.7 cm³/mol. The van der Waals surface area contributed by atoms with Gasteiger partial charge in [-0.05, 0) is 0 Å². The summed E-state index contributed by atoms with van der Waals surface area (Å²) in [6.45, 7) is 10.8. The van der Waals surface area contributed by atoms with Crippen LogP contribution >= 0.6 is 0 Å². The molecule has 0 N–H and O–H groups in total. The van der Waals surface area contributed by atoms with Crippen LogP contribution in [0.2, 0.25) is 0 Å². The second-order valence-corrected chi connectivity index (χ2v) is 4.35. The molecular weight excluding hydrogens is 162 g/mol. The van der Waals surface area contributed by atoms with E-state index in [4.69, 9.17) is 0 Å². The standard InChI is InChI=1S/C10H20N2.2Li/c1-7(2)9-5-12-10(6-11-9)8(3)4;;/h7-10H,5-6H2,1-4H3;;/q-2;2*+1/t9-,10-;;/m1../s1. The average Bonchev–Trinajstić information content (AvgIpc) is 2.04. The molecule has 0 radical (unpaired) electrons. The van der Waals surface area contributed by atoms with E-state index >= 15 is 0 Å². The van der Waals surface area contributed by atoms with E-state index in [1.807, 2.05) is 0 Å². The van der Waals surface area contributed by atoms with Crippen LogP contribution in [-0.4, -0.2) is 25.2 Å². The Hall–Kier alpha value is 1.11. The van der Waals surface area contributed by atoms with Crippen LogP contribution in [0.15, 0.2) is 0 Å². The average molecular weight is 182 g/mol. The first-order valence-corrected chi connectivity index (χ1v) is 4.94. The SMILES string of the molecule is CC(C)[C@H]1C[N-][C@@H](C(C)C)C[N-]1.[Li+].[Li+]. The molecule has 0 saturated carbocycles. The third-order valence-electron chi connectivity index (χ3n) is 2.59. The molecule has 0 aromatic rings. The van der Waals surface area contributed by atoms with E-state index in [9.17, 15) is 0 Å². The first kappa shape index (κ1) is 17.5. The summed E-state index contributed by atoms with van der Waals surface area (Å²) in [6, 6.07) is 0.972. The number of nitrogens with zero attached hydrogens (tertiary/aromatic N) is 2. The van der Waals surface area contributed by atoms with Gasteiger partial charge in [0.25, 0.3) is 0 Å². The van der Waals surface area contributed by atoms with Gasteiger partial charge in [0.15, 0.2) is 0 Å². The van der Waals surface area contributed by atoms with E-state index in [1.165, 1.54) is 0 Å². The molecule has 0 bridgehead atoms. The van der Waals surface area contributed by atoms with E-state index in [0.717, 1.165) is 13.1 Å². The second kappa shape index (κ2) is 8.29. The van der Waals surface area contributed by atoms with Crippen molar-refractivity contribution >= 4 is 0 Å². The van der Waals surface area contributed by atoms with Gasteiger partial charge in [-0.2, -0.15) is 25.2 Å². The quantitative estimate of drug-likeness (QED) is 0.402. The van der Waals surface area contributed by atoms with Gasteiger partial charge in [0, 0.05) is 0 Å². The van der Waals surface area contributed by atoms with Crippen LogP contribution in [0.3, 0.4) is 0 Å². The van der Waals surface area contributed by atoms with Crippen molar-refractivity contribution in [1.82, 2.24) is 0 Å². The molecule has 1 aliphatic heterocycles. The normalized spacial score (nSPS) is 27.0. The second-order valence-electron chi connectivity index (χ2n) is 4.35. The molecule has 0 spiro atoms. The van der Waals surface area contributed by atoms with Crippen LogP contribution in [0.5, 0.6) is 0 Å². The van der Waals surface area contributed by atoms with Gasteiger partial charge in [-0.1, -0.05) is 39.5 Å². The topological polar surface area (TPSA) is 28.2 Å². The molecule has 1 fully saturated rings. The van der Waals surface area contributed by atoms with Gasteiger partial charge in [-0.3, -0.25) is 0 Å². The molecule has 72 valence electrons.